The molecule has 1 unspecified atom stereocenters. The molecule has 0 bridgehead atoms. The molecule has 2 N–H and O–H groups in total. The van der Waals surface area contributed by atoms with Crippen molar-refractivity contribution in [1.29, 1.82) is 0 Å². The number of carboxylic acids is 1. The number of anilines is 1. The van der Waals surface area contributed by atoms with E-state index in [2.05, 4.69) is 19.2 Å². The Bertz CT molecular complexity index is 509. The minimum atomic E-state index is -0.887. The van der Waals surface area contributed by atoms with Crippen LogP contribution in [0, 0.1) is 6.92 Å². The molecule has 1 atom stereocenters. The molecule has 0 radical (unpaired) electrons. The Hall–Kier alpha value is -1.55. The summed E-state index contributed by atoms with van der Waals surface area (Å²) in [6.45, 7) is 7.01. The van der Waals surface area contributed by atoms with Crippen molar-refractivity contribution in [1.82, 2.24) is 0 Å². The first-order chi connectivity index (χ1) is 9.99. The molecular formula is C17H25NO3. The molecule has 1 aliphatic rings. The Morgan fingerprint density at radius 3 is 2.76 bits per heavy atom. The lowest BCUT2D eigenvalue weighted by atomic mass is 9.85. The van der Waals surface area contributed by atoms with E-state index >= 15 is 0 Å². The SMILES string of the molecule is CCC1(CC)CC(Nc2cc(C)ccc2C(=O)O)CCO1. The summed E-state index contributed by atoms with van der Waals surface area (Å²) < 4.78 is 5.98. The normalized spacial score (nSPS) is 21.0. The van der Waals surface area contributed by atoms with Crippen LogP contribution in [-0.2, 0) is 4.74 Å². The van der Waals surface area contributed by atoms with Crippen LogP contribution in [-0.4, -0.2) is 29.3 Å². The van der Waals surface area contributed by atoms with Crippen molar-refractivity contribution in [3.8, 4) is 0 Å². The van der Waals surface area contributed by atoms with Gasteiger partial charge < -0.3 is 15.2 Å². The van der Waals surface area contributed by atoms with Crippen molar-refractivity contribution in [2.45, 2.75) is 58.1 Å². The van der Waals surface area contributed by atoms with Crippen LogP contribution in [0.5, 0.6) is 0 Å². The number of aromatic carboxylic acids is 1. The lowest BCUT2D eigenvalue weighted by Crippen LogP contribution is -2.43. The highest BCUT2D eigenvalue weighted by atomic mass is 16.5. The van der Waals surface area contributed by atoms with Gasteiger partial charge in [-0.3, -0.25) is 0 Å². The van der Waals surface area contributed by atoms with Gasteiger partial charge in [-0.2, -0.15) is 0 Å². The van der Waals surface area contributed by atoms with E-state index < -0.39 is 5.97 Å². The highest BCUT2D eigenvalue weighted by molar-refractivity contribution is 5.94. The summed E-state index contributed by atoms with van der Waals surface area (Å²) in [5, 5.41) is 12.8. The van der Waals surface area contributed by atoms with Crippen LogP contribution in [0.15, 0.2) is 18.2 Å². The number of aryl methyl sites for hydroxylation is 1. The van der Waals surface area contributed by atoms with Crippen LogP contribution in [0.1, 0.15) is 55.5 Å². The third-order valence-electron chi connectivity index (χ3n) is 4.55. The number of carbonyl (C=O) groups is 1. The molecule has 21 heavy (non-hydrogen) atoms. The van der Waals surface area contributed by atoms with Crippen molar-refractivity contribution in [2.75, 3.05) is 11.9 Å². The van der Waals surface area contributed by atoms with Gasteiger partial charge in [-0.1, -0.05) is 19.9 Å². The van der Waals surface area contributed by atoms with E-state index in [1.54, 1.807) is 6.07 Å². The summed E-state index contributed by atoms with van der Waals surface area (Å²) in [7, 11) is 0. The van der Waals surface area contributed by atoms with Gasteiger partial charge in [0.2, 0.25) is 0 Å². The topological polar surface area (TPSA) is 58.6 Å². The maximum atomic E-state index is 11.3. The van der Waals surface area contributed by atoms with Gasteiger partial charge in [-0.25, -0.2) is 4.79 Å². The van der Waals surface area contributed by atoms with Crippen molar-refractivity contribution in [3.63, 3.8) is 0 Å². The zero-order chi connectivity index (χ0) is 15.5. The van der Waals surface area contributed by atoms with Gasteiger partial charge in [0, 0.05) is 18.3 Å². The lowest BCUT2D eigenvalue weighted by molar-refractivity contribution is -0.0864. The summed E-state index contributed by atoms with van der Waals surface area (Å²) >= 11 is 0. The molecule has 0 aromatic heterocycles. The van der Waals surface area contributed by atoms with E-state index in [-0.39, 0.29) is 11.6 Å². The first kappa shape index (κ1) is 15.8. The standard InChI is InChI=1S/C17H25NO3/c1-4-17(5-2)11-13(8-9-21-17)18-15-10-12(3)6-7-14(15)16(19)20/h6-7,10,13,18H,4-5,8-9,11H2,1-3H3,(H,19,20). The molecule has 0 aliphatic carbocycles. The highest BCUT2D eigenvalue weighted by Gasteiger charge is 2.34. The predicted octanol–water partition coefficient (Wildman–Crippen LogP) is 3.84. The van der Waals surface area contributed by atoms with E-state index in [9.17, 15) is 9.90 Å². The molecule has 1 aromatic carbocycles. The molecule has 1 fully saturated rings. The summed E-state index contributed by atoms with van der Waals surface area (Å²) in [6, 6.07) is 5.68. The van der Waals surface area contributed by atoms with Crippen molar-refractivity contribution in [2.24, 2.45) is 0 Å². The Kier molecular flexibility index (Phi) is 4.88. The number of nitrogens with one attached hydrogen (secondary N) is 1. The van der Waals surface area contributed by atoms with Crippen LogP contribution in [0.3, 0.4) is 0 Å². The Labute approximate surface area is 126 Å². The second-order valence-corrected chi connectivity index (χ2v) is 5.93. The molecule has 0 amide bonds. The summed E-state index contributed by atoms with van der Waals surface area (Å²) in [5.74, 6) is -0.887. The first-order valence-corrected chi connectivity index (χ1v) is 7.74. The average Bonchev–Trinajstić information content (AvgIpc) is 2.47. The molecule has 4 nitrogen and oxygen atoms in total. The van der Waals surface area contributed by atoms with Crippen LogP contribution in [0.4, 0.5) is 5.69 Å². The van der Waals surface area contributed by atoms with E-state index in [1.165, 1.54) is 0 Å². The number of rotatable bonds is 5. The number of benzene rings is 1. The summed E-state index contributed by atoms with van der Waals surface area (Å²) in [5.41, 5.74) is 2.05. The number of carboxylic acid groups (broad SMARTS) is 1. The second kappa shape index (κ2) is 6.48. The van der Waals surface area contributed by atoms with Gasteiger partial charge in [-0.15, -0.1) is 0 Å². The number of ether oxygens (including phenoxy) is 1. The summed E-state index contributed by atoms with van der Waals surface area (Å²) in [6.07, 6.45) is 3.81. The minimum Gasteiger partial charge on any atom is -0.478 e. The number of hydrogen-bond donors (Lipinski definition) is 2. The molecule has 2 rings (SSSR count). The monoisotopic (exact) mass is 291 g/mol. The zero-order valence-electron chi connectivity index (χ0n) is 13.1. The maximum Gasteiger partial charge on any atom is 0.337 e. The smallest absolute Gasteiger partial charge is 0.337 e. The molecule has 4 heteroatoms. The van der Waals surface area contributed by atoms with Gasteiger partial charge in [0.25, 0.3) is 0 Å². The predicted molar refractivity (Wildman–Crippen MR) is 84.0 cm³/mol. The van der Waals surface area contributed by atoms with Crippen LogP contribution >= 0.6 is 0 Å². The fourth-order valence-corrected chi connectivity index (χ4v) is 3.08. The Morgan fingerprint density at radius 1 is 1.43 bits per heavy atom. The van der Waals surface area contributed by atoms with E-state index in [1.807, 2.05) is 19.1 Å². The molecule has 1 aromatic rings. The van der Waals surface area contributed by atoms with E-state index in [4.69, 9.17) is 4.74 Å². The van der Waals surface area contributed by atoms with Gasteiger partial charge in [-0.05, 0) is 50.3 Å². The minimum absolute atomic E-state index is 0.0663. The molecule has 0 spiro atoms. The fraction of sp³-hybridized carbons (Fsp3) is 0.588. The summed E-state index contributed by atoms with van der Waals surface area (Å²) in [4.78, 5) is 11.3. The van der Waals surface area contributed by atoms with Crippen LogP contribution in [0.2, 0.25) is 0 Å². The van der Waals surface area contributed by atoms with Gasteiger partial charge in [0.05, 0.1) is 11.2 Å². The third kappa shape index (κ3) is 3.56. The van der Waals surface area contributed by atoms with Gasteiger partial charge in [0.15, 0.2) is 0 Å². The van der Waals surface area contributed by atoms with Crippen LogP contribution < -0.4 is 5.32 Å². The fourth-order valence-electron chi connectivity index (χ4n) is 3.08. The molecular weight excluding hydrogens is 266 g/mol. The average molecular weight is 291 g/mol. The van der Waals surface area contributed by atoms with E-state index in [0.29, 0.717) is 5.56 Å². The highest BCUT2D eigenvalue weighted by Crippen LogP contribution is 2.33. The zero-order valence-corrected chi connectivity index (χ0v) is 13.1. The quantitative estimate of drug-likeness (QED) is 0.865. The molecule has 1 aliphatic heterocycles. The Balaban J connectivity index is 2.18. The largest absolute Gasteiger partial charge is 0.478 e. The molecule has 1 heterocycles. The van der Waals surface area contributed by atoms with Crippen molar-refractivity contribution in [3.05, 3.63) is 29.3 Å². The second-order valence-electron chi connectivity index (χ2n) is 5.93. The van der Waals surface area contributed by atoms with Crippen molar-refractivity contribution >= 4 is 11.7 Å². The number of hydrogen-bond acceptors (Lipinski definition) is 3. The van der Waals surface area contributed by atoms with E-state index in [0.717, 1.165) is 43.5 Å². The van der Waals surface area contributed by atoms with Gasteiger partial charge >= 0.3 is 5.97 Å². The van der Waals surface area contributed by atoms with Crippen molar-refractivity contribution < 1.29 is 14.6 Å². The molecule has 1 saturated heterocycles. The Morgan fingerprint density at radius 2 is 2.14 bits per heavy atom. The third-order valence-corrected chi connectivity index (χ3v) is 4.55. The first-order valence-electron chi connectivity index (χ1n) is 7.74. The van der Waals surface area contributed by atoms with Gasteiger partial charge in [0.1, 0.15) is 0 Å². The van der Waals surface area contributed by atoms with Crippen LogP contribution in [0.25, 0.3) is 0 Å². The maximum absolute atomic E-state index is 11.3. The molecule has 116 valence electrons. The lowest BCUT2D eigenvalue weighted by Gasteiger charge is -2.40. The molecule has 0 saturated carbocycles.